The van der Waals surface area contributed by atoms with E-state index in [1.54, 1.807) is 0 Å². The van der Waals surface area contributed by atoms with E-state index < -0.39 is 0 Å². The topological polar surface area (TPSA) is 147 Å². The second-order valence-corrected chi connectivity index (χ2v) is 35.9. The molecule has 0 radical (unpaired) electrons. The third-order valence-corrected chi connectivity index (χ3v) is 27.2. The standard InChI is InChI=1S/C54H32N4O2.2C37H22N4O2.3Pt/c1-3-15-36(16-4-1)41-23-14-24-42(37-17-5-2-6-18-37)54(41)57-35-56(48-26-10-11-27-49(48)57)38-19-13-20-39(31-38)59-40-29-30-44-43-21-7-9-25-47(43)58(50(44)32-40)53-33-52-46(34-55-53)45-22-8-12-28-51(45)60-52;2*1-39-23-40(33-15-6-5-14-32(33)39)24-9-8-10-25(19-24)42-26-17-18-28-27-11-2-4-13-31(27)41(34(28)20-26)37-21-36-30(22-38-37)29-12-3-7-16-35(29)43-36;;;/h1-30,33-34H;2*2-18,21-22H,1H3;;;/q3*-2;;;. The molecule has 30 aromatic rings. The molecule has 0 aliphatic rings. The van der Waals surface area contributed by atoms with Crippen molar-refractivity contribution in [3.05, 3.63) is 480 Å². The number of aryl methyl sites for hydroxylation is 2. The first kappa shape index (κ1) is 92.2. The SMILES string of the molecule is C[n+]1[c-]n(-c2[c-]c(Oc3[c-]c4c(cc3)c3ccccc3n4-c3cc4oc5ccccc5c4cn3)ccc2)c2ccccc21.C[n+]1[c-]n(-c2[c-]c(Oc3[c-]c4c(cc3)c3ccccc3n4-c3cc4oc5ccccc5c4cn3)ccc2)c2ccccc21.[Pt].[Pt].[Pt].[c-]1c(Oc2[c-]c3c(cc2)c2ccccc2n3-c2cc3oc4ccccc4c3cn2)cccc1-n1[c-][n+](-c2c(-c3ccccc3)cccc2-c2ccccc2)c2ccccc21. The van der Waals surface area contributed by atoms with E-state index in [1.807, 2.05) is 239 Å². The second kappa shape index (κ2) is 38.2. The zero-order chi connectivity index (χ0) is 96.6. The fourth-order valence-electron chi connectivity index (χ4n) is 20.6. The normalized spacial score (nSPS) is 11.5. The first-order valence-electron chi connectivity index (χ1n) is 48.0. The van der Waals surface area contributed by atoms with Gasteiger partial charge in [-0.2, -0.15) is 54.6 Å². The Balaban J connectivity index is 0.000000117. The Hall–Kier alpha value is -17.9. The van der Waals surface area contributed by atoms with E-state index in [1.165, 1.54) is 0 Å². The third kappa shape index (κ3) is 16.2. The summed E-state index contributed by atoms with van der Waals surface area (Å²) in [6.45, 7) is 0. The first-order chi connectivity index (χ1) is 72.2. The van der Waals surface area contributed by atoms with Gasteiger partial charge in [-0.25, -0.2) is 15.0 Å². The maximum Gasteiger partial charge on any atom is 0.268 e. The maximum absolute atomic E-state index is 6.61. The molecule has 720 valence electrons. The van der Waals surface area contributed by atoms with Crippen LogP contribution >= 0.6 is 0 Å². The van der Waals surface area contributed by atoms with E-state index in [-0.39, 0.29) is 63.2 Å². The number of ether oxygens (including phenoxy) is 3. The van der Waals surface area contributed by atoms with Gasteiger partial charge in [0.15, 0.2) is 0 Å². The summed E-state index contributed by atoms with van der Waals surface area (Å²) in [7, 11) is 3.98. The van der Waals surface area contributed by atoms with E-state index >= 15 is 0 Å². The Morgan fingerprint density at radius 2 is 0.523 bits per heavy atom. The van der Waals surface area contributed by atoms with Gasteiger partial charge in [0, 0.05) is 183 Å². The van der Waals surface area contributed by atoms with Crippen LogP contribution in [0.1, 0.15) is 0 Å². The fraction of sp³-hybridized carbons (Fsp3) is 0.0156. The van der Waals surface area contributed by atoms with Crippen molar-refractivity contribution in [3.8, 4) is 97.0 Å². The number of pyridine rings is 3. The van der Waals surface area contributed by atoms with Gasteiger partial charge in [-0.15, -0.1) is 89.0 Å². The molecule has 18 nitrogen and oxygen atoms in total. The quantitative estimate of drug-likeness (QED) is 0.0723. The summed E-state index contributed by atoms with van der Waals surface area (Å²) in [5, 5.41) is 12.6. The van der Waals surface area contributed by atoms with Gasteiger partial charge in [0.25, 0.3) is 6.33 Å². The molecule has 18 aromatic carbocycles. The molecule has 149 heavy (non-hydrogen) atoms. The van der Waals surface area contributed by atoms with Crippen molar-refractivity contribution in [3.63, 3.8) is 0 Å². The van der Waals surface area contributed by atoms with E-state index in [0.29, 0.717) is 34.5 Å². The average molecular weight is 2460 g/mol. The molecule has 21 heteroatoms. The summed E-state index contributed by atoms with van der Waals surface area (Å²) < 4.78 is 56.5. The smallest absolute Gasteiger partial charge is 0.268 e. The van der Waals surface area contributed by atoms with Crippen molar-refractivity contribution in [2.24, 2.45) is 14.1 Å². The van der Waals surface area contributed by atoms with Crippen LogP contribution in [0.25, 0.3) is 227 Å². The van der Waals surface area contributed by atoms with Crippen LogP contribution in [0.3, 0.4) is 0 Å². The maximum atomic E-state index is 6.61. The molecule has 0 fully saturated rings. The summed E-state index contributed by atoms with van der Waals surface area (Å²) in [6.07, 6.45) is 16.1. The van der Waals surface area contributed by atoms with E-state index in [9.17, 15) is 0 Å². The van der Waals surface area contributed by atoms with Gasteiger partial charge in [0.2, 0.25) is 12.7 Å². The first-order valence-corrected chi connectivity index (χ1v) is 48.0. The largest absolute Gasteiger partial charge is 0.510 e. The predicted octanol–water partition coefficient (Wildman–Crippen LogP) is 28.9. The van der Waals surface area contributed by atoms with E-state index in [4.69, 9.17) is 42.4 Å². The van der Waals surface area contributed by atoms with Gasteiger partial charge < -0.3 is 64.0 Å². The number of imidazole rings is 3. The zero-order valence-corrected chi connectivity index (χ0v) is 86.0. The van der Waals surface area contributed by atoms with Crippen LogP contribution in [0, 0.1) is 55.4 Å². The van der Waals surface area contributed by atoms with Gasteiger partial charge >= 0.3 is 0 Å². The summed E-state index contributed by atoms with van der Waals surface area (Å²) in [5.74, 6) is 5.71. The Labute approximate surface area is 895 Å². The summed E-state index contributed by atoms with van der Waals surface area (Å²) >= 11 is 0. The molecule has 0 bridgehead atoms. The molecule has 30 rings (SSSR count). The van der Waals surface area contributed by atoms with Crippen LogP contribution in [0.4, 0.5) is 0 Å². The van der Waals surface area contributed by atoms with Gasteiger partial charge in [0.05, 0.1) is 52.9 Å². The Kier molecular flexibility index (Phi) is 23.7. The molecule has 12 heterocycles. The molecule has 0 unspecified atom stereocenters. The molecule has 0 aliphatic heterocycles. The Morgan fingerprint density at radius 3 is 0.886 bits per heavy atom. The molecular weight excluding hydrogens is 2390 g/mol. The van der Waals surface area contributed by atoms with Gasteiger partial charge in [0.1, 0.15) is 51.0 Å². The number of nitrogens with zero attached hydrogens (tertiary/aromatic N) is 12. The van der Waals surface area contributed by atoms with Crippen molar-refractivity contribution in [2.75, 3.05) is 0 Å². The molecule has 12 aromatic heterocycles. The molecule has 0 N–H and O–H groups in total. The monoisotopic (exact) mass is 2460 g/mol. The van der Waals surface area contributed by atoms with Crippen LogP contribution in [0.5, 0.6) is 34.5 Å². The van der Waals surface area contributed by atoms with Gasteiger partial charge in [-0.1, -0.05) is 289 Å². The second-order valence-electron chi connectivity index (χ2n) is 35.9. The molecular formula is C128H76N12O6Pt3-6. The minimum absolute atomic E-state index is 0. The average Bonchev–Trinajstić information content (AvgIpc) is 1.59. The molecule has 0 atom stereocenters. The van der Waals surface area contributed by atoms with E-state index in [0.717, 1.165) is 227 Å². The molecule has 0 saturated carbocycles. The number of hydrogen-bond donors (Lipinski definition) is 0. The minimum atomic E-state index is 0. The number of fused-ring (bicyclic) bond motifs is 21. The van der Waals surface area contributed by atoms with Crippen LogP contribution in [-0.2, 0) is 77.3 Å². The summed E-state index contributed by atoms with van der Waals surface area (Å²) in [5.41, 5.74) is 24.8. The molecule has 0 aliphatic carbocycles. The van der Waals surface area contributed by atoms with Crippen LogP contribution < -0.4 is 27.9 Å². The number of hydrogen-bond acceptors (Lipinski definition) is 9. The zero-order valence-electron chi connectivity index (χ0n) is 79.2. The number of para-hydroxylation sites is 13. The molecule has 0 saturated heterocycles. The van der Waals surface area contributed by atoms with E-state index in [2.05, 4.69) is 297 Å². The van der Waals surface area contributed by atoms with Crippen LogP contribution in [0.15, 0.2) is 438 Å². The Morgan fingerprint density at radius 1 is 0.235 bits per heavy atom. The van der Waals surface area contributed by atoms with Crippen LogP contribution in [0.2, 0.25) is 0 Å². The predicted molar refractivity (Wildman–Crippen MR) is 572 cm³/mol. The molecule has 0 amide bonds. The Bertz CT molecular complexity index is 10100. The summed E-state index contributed by atoms with van der Waals surface area (Å²) in [4.78, 5) is 14.7. The van der Waals surface area contributed by atoms with Crippen molar-refractivity contribution in [1.29, 1.82) is 0 Å². The number of aromatic nitrogens is 12. The summed E-state index contributed by atoms with van der Waals surface area (Å²) in [6, 6.07) is 158. The molecule has 0 spiro atoms. The van der Waals surface area contributed by atoms with Crippen molar-refractivity contribution in [1.82, 2.24) is 42.4 Å². The number of rotatable bonds is 15. The number of benzene rings is 18. The van der Waals surface area contributed by atoms with Crippen molar-refractivity contribution < 1.29 is 104 Å². The van der Waals surface area contributed by atoms with Crippen molar-refractivity contribution >= 4 is 164 Å². The third-order valence-electron chi connectivity index (χ3n) is 27.2. The van der Waals surface area contributed by atoms with Crippen molar-refractivity contribution in [2.45, 2.75) is 0 Å². The fourth-order valence-corrected chi connectivity index (χ4v) is 20.6. The number of furan rings is 3. The van der Waals surface area contributed by atoms with Gasteiger partial charge in [-0.05, 0) is 80.5 Å². The minimum Gasteiger partial charge on any atom is -0.510 e. The van der Waals surface area contributed by atoms with Gasteiger partial charge in [-0.3, -0.25) is 4.57 Å². The van der Waals surface area contributed by atoms with Crippen LogP contribution in [-0.4, -0.2) is 42.4 Å².